The van der Waals surface area contributed by atoms with Crippen LogP contribution in [0.4, 0.5) is 0 Å². The van der Waals surface area contributed by atoms with E-state index in [1.807, 2.05) is 25.1 Å². The highest BCUT2D eigenvalue weighted by Gasteiger charge is 2.21. The summed E-state index contributed by atoms with van der Waals surface area (Å²) in [5.74, 6) is 0.304. The molecule has 0 aromatic heterocycles. The lowest BCUT2D eigenvalue weighted by Crippen LogP contribution is -2.18. The molecule has 96 valence electrons. The molecule has 0 radical (unpaired) electrons. The fourth-order valence-electron chi connectivity index (χ4n) is 2.51. The minimum absolute atomic E-state index is 0.304. The normalized spacial score (nSPS) is 20.3. The first kappa shape index (κ1) is 13.1. The van der Waals surface area contributed by atoms with Gasteiger partial charge in [-0.15, -0.1) is 0 Å². The molecule has 0 spiro atoms. The Morgan fingerprint density at radius 1 is 1.28 bits per heavy atom. The van der Waals surface area contributed by atoms with Gasteiger partial charge in [-0.1, -0.05) is 42.5 Å². The molecule has 1 aromatic rings. The van der Waals surface area contributed by atoms with E-state index in [9.17, 15) is 5.11 Å². The second kappa shape index (κ2) is 5.51. The summed E-state index contributed by atoms with van der Waals surface area (Å²) in [6.07, 6.45) is 6.09. The minimum Gasteiger partial charge on any atom is -0.389 e. The van der Waals surface area contributed by atoms with Crippen LogP contribution in [0, 0.1) is 0 Å². The average molecular weight is 243 g/mol. The molecule has 0 amide bonds. The fourth-order valence-corrected chi connectivity index (χ4v) is 2.51. The lowest BCUT2D eigenvalue weighted by atomic mass is 9.88. The summed E-state index contributed by atoms with van der Waals surface area (Å²) in [6.45, 7) is 2.78. The molecule has 0 saturated carbocycles. The topological polar surface area (TPSA) is 23.5 Å². The number of allylic oxidation sites excluding steroid dienone is 3. The van der Waals surface area contributed by atoms with Crippen LogP contribution >= 0.6 is 0 Å². The summed E-state index contributed by atoms with van der Waals surface area (Å²) in [7, 11) is 4.16. The molecule has 1 aliphatic carbocycles. The van der Waals surface area contributed by atoms with Gasteiger partial charge in [0.25, 0.3) is 0 Å². The second-order valence-corrected chi connectivity index (χ2v) is 5.15. The molecular formula is C16H21NO. The van der Waals surface area contributed by atoms with Crippen LogP contribution < -0.4 is 0 Å². The predicted molar refractivity (Wildman–Crippen MR) is 75.6 cm³/mol. The largest absolute Gasteiger partial charge is 0.389 e. The molecule has 0 aliphatic heterocycles. The van der Waals surface area contributed by atoms with Crippen molar-refractivity contribution in [3.05, 3.63) is 59.2 Å². The van der Waals surface area contributed by atoms with Crippen molar-refractivity contribution in [2.24, 2.45) is 0 Å². The first-order valence-corrected chi connectivity index (χ1v) is 6.38. The van der Waals surface area contributed by atoms with Gasteiger partial charge in [0.05, 0.1) is 6.10 Å². The SMILES string of the molecule is CC(O)c1ccccc1C1C=CC=C1CN(C)C. The number of rotatable bonds is 4. The van der Waals surface area contributed by atoms with Gasteiger partial charge in [0.1, 0.15) is 0 Å². The summed E-state index contributed by atoms with van der Waals surface area (Å²) in [6, 6.07) is 8.16. The van der Waals surface area contributed by atoms with Gasteiger partial charge >= 0.3 is 0 Å². The van der Waals surface area contributed by atoms with Crippen LogP contribution in [0.1, 0.15) is 30.1 Å². The number of hydrogen-bond acceptors (Lipinski definition) is 2. The average Bonchev–Trinajstić information content (AvgIpc) is 2.76. The van der Waals surface area contributed by atoms with Gasteiger partial charge in [-0.3, -0.25) is 0 Å². The van der Waals surface area contributed by atoms with E-state index in [2.05, 4.69) is 43.3 Å². The molecule has 2 rings (SSSR count). The number of aliphatic hydroxyl groups is 1. The molecule has 0 fully saturated rings. The molecule has 0 bridgehead atoms. The lowest BCUT2D eigenvalue weighted by Gasteiger charge is -2.21. The summed E-state index contributed by atoms with van der Waals surface area (Å²) in [5.41, 5.74) is 3.63. The third kappa shape index (κ3) is 2.71. The number of nitrogens with zero attached hydrogens (tertiary/aromatic N) is 1. The Morgan fingerprint density at radius 2 is 2.00 bits per heavy atom. The molecule has 0 heterocycles. The standard InChI is InChI=1S/C16H21NO/c1-12(18)14-8-4-5-9-16(14)15-10-6-7-13(15)11-17(2)3/h4-10,12,15,18H,11H2,1-3H3. The van der Waals surface area contributed by atoms with Crippen molar-refractivity contribution in [2.75, 3.05) is 20.6 Å². The zero-order valence-corrected chi connectivity index (χ0v) is 11.3. The third-order valence-electron chi connectivity index (χ3n) is 3.29. The van der Waals surface area contributed by atoms with Gasteiger partial charge in [0.2, 0.25) is 0 Å². The van der Waals surface area contributed by atoms with Gasteiger partial charge in [-0.2, -0.15) is 0 Å². The van der Waals surface area contributed by atoms with E-state index in [0.717, 1.165) is 12.1 Å². The van der Waals surface area contributed by atoms with Crippen LogP contribution in [-0.4, -0.2) is 30.6 Å². The monoisotopic (exact) mass is 243 g/mol. The van der Waals surface area contributed by atoms with Crippen LogP contribution in [0.3, 0.4) is 0 Å². The van der Waals surface area contributed by atoms with Crippen molar-refractivity contribution in [3.63, 3.8) is 0 Å². The lowest BCUT2D eigenvalue weighted by molar-refractivity contribution is 0.198. The fraction of sp³-hybridized carbons (Fsp3) is 0.375. The van der Waals surface area contributed by atoms with Crippen molar-refractivity contribution < 1.29 is 5.11 Å². The zero-order valence-electron chi connectivity index (χ0n) is 11.3. The summed E-state index contributed by atoms with van der Waals surface area (Å²) in [5, 5.41) is 9.88. The van der Waals surface area contributed by atoms with Crippen molar-refractivity contribution >= 4 is 0 Å². The third-order valence-corrected chi connectivity index (χ3v) is 3.29. The van der Waals surface area contributed by atoms with Crippen molar-refractivity contribution in [1.29, 1.82) is 0 Å². The molecule has 2 atom stereocenters. The van der Waals surface area contributed by atoms with Crippen molar-refractivity contribution in [1.82, 2.24) is 4.90 Å². The molecule has 1 N–H and O–H groups in total. The number of likely N-dealkylation sites (N-methyl/N-ethyl adjacent to an activating group) is 1. The van der Waals surface area contributed by atoms with Crippen LogP contribution in [0.2, 0.25) is 0 Å². The second-order valence-electron chi connectivity index (χ2n) is 5.15. The Kier molecular flexibility index (Phi) is 4.00. The van der Waals surface area contributed by atoms with Gasteiger partial charge < -0.3 is 10.0 Å². The molecule has 2 nitrogen and oxygen atoms in total. The number of aliphatic hydroxyl groups excluding tert-OH is 1. The van der Waals surface area contributed by atoms with Crippen molar-refractivity contribution in [3.8, 4) is 0 Å². The molecule has 1 aliphatic rings. The highest BCUT2D eigenvalue weighted by atomic mass is 16.3. The Labute approximate surface area is 109 Å². The Hall–Kier alpha value is -1.38. The van der Waals surface area contributed by atoms with E-state index in [0.29, 0.717) is 5.92 Å². The maximum Gasteiger partial charge on any atom is 0.0764 e. The molecule has 2 unspecified atom stereocenters. The van der Waals surface area contributed by atoms with E-state index >= 15 is 0 Å². The molecule has 18 heavy (non-hydrogen) atoms. The highest BCUT2D eigenvalue weighted by molar-refractivity contribution is 5.45. The van der Waals surface area contributed by atoms with E-state index in [4.69, 9.17) is 0 Å². The zero-order chi connectivity index (χ0) is 13.1. The molecular weight excluding hydrogens is 222 g/mol. The number of benzene rings is 1. The molecule has 0 saturated heterocycles. The van der Waals surface area contributed by atoms with Gasteiger partial charge in [-0.25, -0.2) is 0 Å². The van der Waals surface area contributed by atoms with Gasteiger partial charge in [0.15, 0.2) is 0 Å². The van der Waals surface area contributed by atoms with Gasteiger partial charge in [-0.05, 0) is 37.7 Å². The smallest absolute Gasteiger partial charge is 0.0764 e. The summed E-state index contributed by atoms with van der Waals surface area (Å²) < 4.78 is 0. The summed E-state index contributed by atoms with van der Waals surface area (Å²) in [4.78, 5) is 2.18. The molecule has 1 aromatic carbocycles. The van der Waals surface area contributed by atoms with Crippen LogP contribution in [-0.2, 0) is 0 Å². The Morgan fingerprint density at radius 3 is 2.67 bits per heavy atom. The van der Waals surface area contributed by atoms with Crippen LogP contribution in [0.5, 0.6) is 0 Å². The van der Waals surface area contributed by atoms with E-state index in [1.165, 1.54) is 11.1 Å². The first-order valence-electron chi connectivity index (χ1n) is 6.38. The maximum absolute atomic E-state index is 9.88. The predicted octanol–water partition coefficient (Wildman–Crippen LogP) is 2.88. The Balaban J connectivity index is 2.32. The highest BCUT2D eigenvalue weighted by Crippen LogP contribution is 2.34. The molecule has 2 heteroatoms. The number of hydrogen-bond donors (Lipinski definition) is 1. The van der Waals surface area contributed by atoms with E-state index < -0.39 is 6.10 Å². The Bertz CT molecular complexity index is 472. The van der Waals surface area contributed by atoms with E-state index in [-0.39, 0.29) is 0 Å². The van der Waals surface area contributed by atoms with E-state index in [1.54, 1.807) is 0 Å². The van der Waals surface area contributed by atoms with Crippen molar-refractivity contribution in [2.45, 2.75) is 18.9 Å². The van der Waals surface area contributed by atoms with Gasteiger partial charge in [0, 0.05) is 12.5 Å². The quantitative estimate of drug-likeness (QED) is 0.879. The minimum atomic E-state index is -0.421. The van der Waals surface area contributed by atoms with Crippen LogP contribution in [0.15, 0.2) is 48.1 Å². The van der Waals surface area contributed by atoms with Crippen LogP contribution in [0.25, 0.3) is 0 Å². The maximum atomic E-state index is 9.88. The first-order chi connectivity index (χ1) is 8.59. The summed E-state index contributed by atoms with van der Waals surface area (Å²) >= 11 is 0.